The number of hydrogen-bond donors (Lipinski definition) is 0. The van der Waals surface area contributed by atoms with Crippen LogP contribution in [0.3, 0.4) is 0 Å². The van der Waals surface area contributed by atoms with Crippen LogP contribution in [0.15, 0.2) is 37.2 Å². The molecule has 2 aromatic rings. The number of rotatable bonds is 3. The summed E-state index contributed by atoms with van der Waals surface area (Å²) in [6, 6.07) is 2.49. The lowest BCUT2D eigenvalue weighted by Gasteiger charge is -2.15. The van der Waals surface area contributed by atoms with Gasteiger partial charge < -0.3 is 0 Å². The Bertz CT molecular complexity index is 453. The largest absolute Gasteiger partial charge is 0.297 e. The van der Waals surface area contributed by atoms with Gasteiger partial charge in [-0.3, -0.25) is 9.58 Å². The summed E-state index contributed by atoms with van der Waals surface area (Å²) in [5.74, 6) is 0. The zero-order valence-electron chi connectivity index (χ0n) is 9.61. The highest BCUT2D eigenvalue weighted by Gasteiger charge is 2.23. The van der Waals surface area contributed by atoms with Crippen molar-refractivity contribution in [3.63, 3.8) is 0 Å². The highest BCUT2D eigenvalue weighted by atomic mass is 15.3. The van der Waals surface area contributed by atoms with Gasteiger partial charge in [-0.15, -0.1) is 0 Å². The molecular formula is C12H15N5. The molecule has 0 saturated carbocycles. The van der Waals surface area contributed by atoms with Gasteiger partial charge in [0, 0.05) is 50.0 Å². The van der Waals surface area contributed by atoms with E-state index in [0.717, 1.165) is 26.1 Å². The van der Waals surface area contributed by atoms with Gasteiger partial charge in [-0.2, -0.15) is 5.10 Å². The summed E-state index contributed by atoms with van der Waals surface area (Å²) in [6.07, 6.45) is 10.4. The second kappa shape index (κ2) is 4.63. The summed E-state index contributed by atoms with van der Waals surface area (Å²) in [4.78, 5) is 10.5. The van der Waals surface area contributed by atoms with Crippen LogP contribution in [0.4, 0.5) is 0 Å². The average molecular weight is 229 g/mol. The molecule has 0 bridgehead atoms. The Morgan fingerprint density at radius 1 is 1.29 bits per heavy atom. The quantitative estimate of drug-likeness (QED) is 0.791. The maximum atomic E-state index is 4.31. The fourth-order valence-corrected chi connectivity index (χ4v) is 2.34. The minimum Gasteiger partial charge on any atom is -0.297 e. The normalized spacial score (nSPS) is 20.8. The highest BCUT2D eigenvalue weighted by Crippen LogP contribution is 2.21. The van der Waals surface area contributed by atoms with Gasteiger partial charge in [-0.1, -0.05) is 0 Å². The van der Waals surface area contributed by atoms with E-state index in [1.807, 2.05) is 30.9 Å². The fourth-order valence-electron chi connectivity index (χ4n) is 2.34. The Morgan fingerprint density at radius 3 is 2.94 bits per heavy atom. The van der Waals surface area contributed by atoms with E-state index < -0.39 is 0 Å². The van der Waals surface area contributed by atoms with Crippen molar-refractivity contribution >= 4 is 0 Å². The molecule has 17 heavy (non-hydrogen) atoms. The van der Waals surface area contributed by atoms with Crippen LogP contribution in [0.5, 0.6) is 0 Å². The van der Waals surface area contributed by atoms with Crippen LogP contribution in [0.2, 0.25) is 0 Å². The zero-order valence-corrected chi connectivity index (χ0v) is 9.61. The zero-order chi connectivity index (χ0) is 11.5. The number of hydrogen-bond acceptors (Lipinski definition) is 4. The van der Waals surface area contributed by atoms with Crippen LogP contribution < -0.4 is 0 Å². The third-order valence-electron chi connectivity index (χ3n) is 3.17. The van der Waals surface area contributed by atoms with Crippen LogP contribution in [0, 0.1) is 0 Å². The summed E-state index contributed by atoms with van der Waals surface area (Å²) < 4.78 is 2.06. The molecule has 0 radical (unpaired) electrons. The van der Waals surface area contributed by atoms with E-state index in [2.05, 4.69) is 24.6 Å². The summed E-state index contributed by atoms with van der Waals surface area (Å²) in [7, 11) is 0. The van der Waals surface area contributed by atoms with Crippen LogP contribution in [0.25, 0.3) is 0 Å². The summed E-state index contributed by atoms with van der Waals surface area (Å²) in [5.41, 5.74) is 1.17. The van der Waals surface area contributed by atoms with E-state index in [0.29, 0.717) is 6.04 Å². The Kier molecular flexibility index (Phi) is 2.83. The molecule has 3 rings (SSSR count). The monoisotopic (exact) mass is 229 g/mol. The maximum Gasteiger partial charge on any atom is 0.115 e. The smallest absolute Gasteiger partial charge is 0.115 e. The molecule has 1 saturated heterocycles. The highest BCUT2D eigenvalue weighted by molar-refractivity contribution is 5.02. The molecule has 88 valence electrons. The molecule has 0 amide bonds. The molecule has 1 atom stereocenters. The maximum absolute atomic E-state index is 4.31. The first-order chi connectivity index (χ1) is 8.42. The van der Waals surface area contributed by atoms with Crippen molar-refractivity contribution in [1.82, 2.24) is 24.6 Å². The van der Waals surface area contributed by atoms with E-state index >= 15 is 0 Å². The van der Waals surface area contributed by atoms with E-state index in [9.17, 15) is 0 Å². The van der Waals surface area contributed by atoms with Crippen LogP contribution >= 0.6 is 0 Å². The van der Waals surface area contributed by atoms with Crippen molar-refractivity contribution in [2.45, 2.75) is 19.0 Å². The van der Waals surface area contributed by atoms with Crippen LogP contribution in [-0.4, -0.2) is 37.7 Å². The molecule has 1 aliphatic heterocycles. The van der Waals surface area contributed by atoms with Crippen molar-refractivity contribution in [1.29, 1.82) is 0 Å². The van der Waals surface area contributed by atoms with Gasteiger partial charge in [0.15, 0.2) is 0 Å². The molecule has 1 unspecified atom stereocenters. The Balaban J connectivity index is 1.61. The molecule has 1 fully saturated rings. The minimum atomic E-state index is 0.509. The van der Waals surface area contributed by atoms with Gasteiger partial charge in [0.1, 0.15) is 6.33 Å². The number of likely N-dealkylation sites (tertiary alicyclic amines) is 1. The topological polar surface area (TPSA) is 46.8 Å². The predicted molar refractivity (Wildman–Crippen MR) is 63.2 cm³/mol. The first kappa shape index (κ1) is 10.4. The van der Waals surface area contributed by atoms with E-state index in [1.54, 1.807) is 6.33 Å². The molecule has 0 aliphatic carbocycles. The van der Waals surface area contributed by atoms with E-state index in [1.165, 1.54) is 5.56 Å². The first-order valence-corrected chi connectivity index (χ1v) is 5.87. The van der Waals surface area contributed by atoms with Gasteiger partial charge in [-0.25, -0.2) is 9.97 Å². The molecular weight excluding hydrogens is 214 g/mol. The predicted octanol–water partition coefficient (Wildman–Crippen LogP) is 1.12. The standard InChI is InChI=1S/C12H15N5/c1-3-15-17(4-1)12-2-5-16(9-12)8-11-6-13-10-14-7-11/h1,3-4,6-7,10,12H,2,5,8-9H2. The molecule has 5 heteroatoms. The van der Waals surface area contributed by atoms with Crippen molar-refractivity contribution < 1.29 is 0 Å². The Morgan fingerprint density at radius 2 is 2.18 bits per heavy atom. The van der Waals surface area contributed by atoms with Gasteiger partial charge >= 0.3 is 0 Å². The van der Waals surface area contributed by atoms with Gasteiger partial charge in [0.25, 0.3) is 0 Å². The lowest BCUT2D eigenvalue weighted by atomic mass is 10.3. The van der Waals surface area contributed by atoms with E-state index in [4.69, 9.17) is 0 Å². The fraction of sp³-hybridized carbons (Fsp3) is 0.417. The summed E-state index contributed by atoms with van der Waals surface area (Å²) >= 11 is 0. The summed E-state index contributed by atoms with van der Waals surface area (Å²) in [6.45, 7) is 3.09. The lowest BCUT2D eigenvalue weighted by molar-refractivity contribution is 0.311. The average Bonchev–Trinajstić information content (AvgIpc) is 3.00. The SMILES string of the molecule is c1cnn(C2CCN(Cc3cncnc3)C2)c1. The third kappa shape index (κ3) is 2.34. The Hall–Kier alpha value is -1.75. The van der Waals surface area contributed by atoms with Crippen molar-refractivity contribution in [2.75, 3.05) is 13.1 Å². The molecule has 0 aromatic carbocycles. The molecule has 2 aromatic heterocycles. The molecule has 0 spiro atoms. The van der Waals surface area contributed by atoms with Gasteiger partial charge in [-0.05, 0) is 12.5 Å². The second-order valence-corrected chi connectivity index (χ2v) is 4.41. The lowest BCUT2D eigenvalue weighted by Crippen LogP contribution is -2.21. The van der Waals surface area contributed by atoms with Crippen LogP contribution in [0.1, 0.15) is 18.0 Å². The molecule has 3 heterocycles. The summed E-state index contributed by atoms with van der Waals surface area (Å²) in [5, 5.41) is 4.31. The van der Waals surface area contributed by atoms with Crippen LogP contribution in [-0.2, 0) is 6.54 Å². The molecule has 0 N–H and O–H groups in total. The number of nitrogens with zero attached hydrogens (tertiary/aromatic N) is 5. The van der Waals surface area contributed by atoms with Gasteiger partial charge in [0.2, 0.25) is 0 Å². The molecule has 5 nitrogen and oxygen atoms in total. The molecule has 1 aliphatic rings. The van der Waals surface area contributed by atoms with Crippen molar-refractivity contribution in [3.05, 3.63) is 42.7 Å². The van der Waals surface area contributed by atoms with Crippen molar-refractivity contribution in [2.24, 2.45) is 0 Å². The van der Waals surface area contributed by atoms with E-state index in [-0.39, 0.29) is 0 Å². The van der Waals surface area contributed by atoms with Crippen molar-refractivity contribution in [3.8, 4) is 0 Å². The first-order valence-electron chi connectivity index (χ1n) is 5.87. The third-order valence-corrected chi connectivity index (χ3v) is 3.17. The number of aromatic nitrogens is 4. The Labute approximate surface area is 100 Å². The second-order valence-electron chi connectivity index (χ2n) is 4.41. The minimum absolute atomic E-state index is 0.509. The van der Waals surface area contributed by atoms with Gasteiger partial charge in [0.05, 0.1) is 6.04 Å².